The smallest absolute Gasteiger partial charge is 0.371 e. The Labute approximate surface area is 89.5 Å². The standard InChI is InChI=1S/C11H17NO3/c1-7(2)12(4)6-9-5-10(11(13)14)15-8(9)3/h5,7H,6H2,1-4H3,(H,13,14). The molecule has 0 fully saturated rings. The van der Waals surface area contributed by atoms with Crippen molar-refractivity contribution in [2.45, 2.75) is 33.4 Å². The van der Waals surface area contributed by atoms with Gasteiger partial charge in [-0.05, 0) is 33.9 Å². The second-order valence-electron chi connectivity index (χ2n) is 4.01. The Bertz CT molecular complexity index is 355. The number of aryl methyl sites for hydroxylation is 1. The third kappa shape index (κ3) is 2.83. The molecule has 0 aliphatic heterocycles. The molecule has 0 saturated carbocycles. The average Bonchev–Trinajstić information content (AvgIpc) is 2.47. The largest absolute Gasteiger partial charge is 0.475 e. The van der Waals surface area contributed by atoms with Crippen molar-refractivity contribution in [2.75, 3.05) is 7.05 Å². The number of hydrogen-bond donors (Lipinski definition) is 1. The Morgan fingerprint density at radius 3 is 2.60 bits per heavy atom. The van der Waals surface area contributed by atoms with Crippen LogP contribution in [0.5, 0.6) is 0 Å². The first-order chi connectivity index (χ1) is 6.91. The van der Waals surface area contributed by atoms with E-state index in [-0.39, 0.29) is 5.76 Å². The van der Waals surface area contributed by atoms with Gasteiger partial charge in [0.2, 0.25) is 5.76 Å². The van der Waals surface area contributed by atoms with Crippen LogP contribution in [0.2, 0.25) is 0 Å². The molecular weight excluding hydrogens is 194 g/mol. The highest BCUT2D eigenvalue weighted by molar-refractivity contribution is 5.84. The topological polar surface area (TPSA) is 53.7 Å². The molecule has 0 aromatic carbocycles. The molecule has 0 unspecified atom stereocenters. The van der Waals surface area contributed by atoms with Crippen LogP contribution in [-0.2, 0) is 6.54 Å². The predicted molar refractivity (Wildman–Crippen MR) is 57.0 cm³/mol. The minimum absolute atomic E-state index is 0.0136. The van der Waals surface area contributed by atoms with Crippen molar-refractivity contribution in [3.05, 3.63) is 23.2 Å². The monoisotopic (exact) mass is 211 g/mol. The number of hydrogen-bond acceptors (Lipinski definition) is 3. The van der Waals surface area contributed by atoms with Crippen molar-refractivity contribution < 1.29 is 14.3 Å². The van der Waals surface area contributed by atoms with Crippen molar-refractivity contribution in [3.8, 4) is 0 Å². The molecule has 0 atom stereocenters. The van der Waals surface area contributed by atoms with Gasteiger partial charge in [-0.2, -0.15) is 0 Å². The van der Waals surface area contributed by atoms with Gasteiger partial charge in [0.15, 0.2) is 0 Å². The Kier molecular flexibility index (Phi) is 3.52. The molecule has 15 heavy (non-hydrogen) atoms. The first-order valence-corrected chi connectivity index (χ1v) is 4.94. The summed E-state index contributed by atoms with van der Waals surface area (Å²) in [6.45, 7) is 6.68. The number of furan rings is 1. The third-order valence-corrected chi connectivity index (χ3v) is 2.53. The van der Waals surface area contributed by atoms with E-state index in [4.69, 9.17) is 9.52 Å². The summed E-state index contributed by atoms with van der Waals surface area (Å²) in [5.74, 6) is -0.323. The van der Waals surface area contributed by atoms with E-state index < -0.39 is 5.97 Å². The SMILES string of the molecule is Cc1oc(C(=O)O)cc1CN(C)C(C)C. The Balaban J connectivity index is 2.82. The molecule has 0 aliphatic carbocycles. The van der Waals surface area contributed by atoms with Gasteiger partial charge in [-0.3, -0.25) is 4.90 Å². The summed E-state index contributed by atoms with van der Waals surface area (Å²) >= 11 is 0. The summed E-state index contributed by atoms with van der Waals surface area (Å²) in [6, 6.07) is 2.02. The maximum absolute atomic E-state index is 10.7. The lowest BCUT2D eigenvalue weighted by Gasteiger charge is -2.20. The molecule has 0 saturated heterocycles. The van der Waals surface area contributed by atoms with E-state index >= 15 is 0 Å². The van der Waals surface area contributed by atoms with Gasteiger partial charge in [0.05, 0.1) is 0 Å². The van der Waals surface area contributed by atoms with Crippen LogP contribution in [0.25, 0.3) is 0 Å². The highest BCUT2D eigenvalue weighted by atomic mass is 16.4. The minimum Gasteiger partial charge on any atom is -0.475 e. The lowest BCUT2D eigenvalue weighted by molar-refractivity contribution is 0.0661. The Hall–Kier alpha value is -1.29. The number of rotatable bonds is 4. The van der Waals surface area contributed by atoms with Gasteiger partial charge in [0.25, 0.3) is 0 Å². The van der Waals surface area contributed by atoms with E-state index in [2.05, 4.69) is 18.7 Å². The van der Waals surface area contributed by atoms with Gasteiger partial charge in [0, 0.05) is 18.2 Å². The molecule has 0 amide bonds. The molecule has 1 rings (SSSR count). The van der Waals surface area contributed by atoms with Gasteiger partial charge in [-0.15, -0.1) is 0 Å². The van der Waals surface area contributed by atoms with Crippen LogP contribution in [0.4, 0.5) is 0 Å². The van der Waals surface area contributed by atoms with Crippen molar-refractivity contribution in [1.29, 1.82) is 0 Å². The maximum atomic E-state index is 10.7. The fraction of sp³-hybridized carbons (Fsp3) is 0.545. The van der Waals surface area contributed by atoms with Crippen molar-refractivity contribution in [1.82, 2.24) is 4.90 Å². The summed E-state index contributed by atoms with van der Waals surface area (Å²) in [5, 5.41) is 8.76. The van der Waals surface area contributed by atoms with Gasteiger partial charge < -0.3 is 9.52 Å². The van der Waals surface area contributed by atoms with Gasteiger partial charge in [-0.25, -0.2) is 4.79 Å². The molecule has 1 aromatic heterocycles. The normalized spacial score (nSPS) is 11.3. The predicted octanol–water partition coefficient (Wildman–Crippen LogP) is 2.13. The Morgan fingerprint density at radius 2 is 2.20 bits per heavy atom. The van der Waals surface area contributed by atoms with Crippen LogP contribution in [0.3, 0.4) is 0 Å². The zero-order valence-corrected chi connectivity index (χ0v) is 9.57. The zero-order chi connectivity index (χ0) is 11.6. The Morgan fingerprint density at radius 1 is 1.60 bits per heavy atom. The number of nitrogens with zero attached hydrogens (tertiary/aromatic N) is 1. The van der Waals surface area contributed by atoms with Crippen molar-refractivity contribution in [3.63, 3.8) is 0 Å². The average molecular weight is 211 g/mol. The summed E-state index contributed by atoms with van der Waals surface area (Å²) in [6.07, 6.45) is 0. The van der Waals surface area contributed by atoms with E-state index in [9.17, 15) is 4.79 Å². The molecule has 4 nitrogen and oxygen atoms in total. The van der Waals surface area contributed by atoms with Crippen LogP contribution in [-0.4, -0.2) is 29.1 Å². The van der Waals surface area contributed by atoms with E-state index in [0.717, 1.165) is 5.56 Å². The molecule has 1 N–H and O–H groups in total. The van der Waals surface area contributed by atoms with E-state index in [0.29, 0.717) is 18.3 Å². The molecule has 0 aliphatic rings. The van der Waals surface area contributed by atoms with Crippen LogP contribution in [0.1, 0.15) is 35.7 Å². The molecule has 0 radical (unpaired) electrons. The lowest BCUT2D eigenvalue weighted by Crippen LogP contribution is -2.25. The van der Waals surface area contributed by atoms with E-state index in [1.54, 1.807) is 13.0 Å². The van der Waals surface area contributed by atoms with Crippen LogP contribution < -0.4 is 0 Å². The maximum Gasteiger partial charge on any atom is 0.371 e. The molecule has 0 bridgehead atoms. The van der Waals surface area contributed by atoms with E-state index in [1.165, 1.54) is 0 Å². The quantitative estimate of drug-likeness (QED) is 0.828. The highest BCUT2D eigenvalue weighted by Crippen LogP contribution is 2.17. The van der Waals surface area contributed by atoms with Crippen molar-refractivity contribution in [2.24, 2.45) is 0 Å². The fourth-order valence-electron chi connectivity index (χ4n) is 1.23. The second kappa shape index (κ2) is 4.49. The molecule has 0 spiro atoms. The number of carbonyl (C=O) groups is 1. The molecule has 84 valence electrons. The van der Waals surface area contributed by atoms with Crippen LogP contribution in [0, 0.1) is 6.92 Å². The summed E-state index contributed by atoms with van der Waals surface area (Å²) in [5.41, 5.74) is 0.934. The summed E-state index contributed by atoms with van der Waals surface area (Å²) in [4.78, 5) is 12.8. The van der Waals surface area contributed by atoms with Crippen LogP contribution in [0.15, 0.2) is 10.5 Å². The van der Waals surface area contributed by atoms with Crippen LogP contribution >= 0.6 is 0 Å². The van der Waals surface area contributed by atoms with Gasteiger partial charge in [-0.1, -0.05) is 0 Å². The zero-order valence-electron chi connectivity index (χ0n) is 9.57. The summed E-state index contributed by atoms with van der Waals surface area (Å²) in [7, 11) is 2.00. The minimum atomic E-state index is -1.02. The number of carboxylic acids is 1. The van der Waals surface area contributed by atoms with Gasteiger partial charge >= 0.3 is 5.97 Å². The third-order valence-electron chi connectivity index (χ3n) is 2.53. The second-order valence-corrected chi connectivity index (χ2v) is 4.01. The first kappa shape index (κ1) is 11.8. The van der Waals surface area contributed by atoms with E-state index in [1.807, 2.05) is 7.05 Å². The first-order valence-electron chi connectivity index (χ1n) is 4.94. The number of carboxylic acid groups (broad SMARTS) is 1. The molecule has 1 aromatic rings. The fourth-order valence-corrected chi connectivity index (χ4v) is 1.23. The lowest BCUT2D eigenvalue weighted by atomic mass is 10.2. The van der Waals surface area contributed by atoms with Gasteiger partial charge in [0.1, 0.15) is 5.76 Å². The molecular formula is C11H17NO3. The number of aromatic carboxylic acids is 1. The van der Waals surface area contributed by atoms with Crippen molar-refractivity contribution >= 4 is 5.97 Å². The molecule has 4 heteroatoms. The molecule has 1 heterocycles. The highest BCUT2D eigenvalue weighted by Gasteiger charge is 2.14. The summed E-state index contributed by atoms with van der Waals surface area (Å²) < 4.78 is 5.13.